The Kier molecular flexibility index (Phi) is 9.74. The number of benzene rings is 1. The van der Waals surface area contributed by atoms with Crippen LogP contribution in [0.5, 0.6) is 11.5 Å². The molecule has 0 unspecified atom stereocenters. The summed E-state index contributed by atoms with van der Waals surface area (Å²) in [6.45, 7) is 11.3. The van der Waals surface area contributed by atoms with Crippen molar-refractivity contribution in [2.24, 2.45) is 0 Å². The zero-order valence-corrected chi connectivity index (χ0v) is 18.7. The number of carbonyl (C=O) groups excluding carboxylic acids is 1. The van der Waals surface area contributed by atoms with Crippen molar-refractivity contribution in [3.63, 3.8) is 0 Å². The molecule has 0 spiro atoms. The maximum absolute atomic E-state index is 13.4. The van der Waals surface area contributed by atoms with Gasteiger partial charge in [-0.1, -0.05) is 6.92 Å². The Hall–Kier alpha value is -1.79. The number of methoxy groups -OCH3 is 1. The van der Waals surface area contributed by atoms with E-state index < -0.39 is 0 Å². The molecule has 1 aliphatic rings. The zero-order valence-electron chi connectivity index (χ0n) is 18.7. The smallest absolute Gasteiger partial charge is 0.254 e. The number of piperidine rings is 1. The van der Waals surface area contributed by atoms with Crippen LogP contribution < -0.4 is 14.8 Å². The van der Waals surface area contributed by atoms with Crippen molar-refractivity contribution >= 4 is 5.91 Å². The maximum atomic E-state index is 13.4. The Balaban J connectivity index is 2.23. The first-order chi connectivity index (χ1) is 14.0. The van der Waals surface area contributed by atoms with Gasteiger partial charge in [0.15, 0.2) is 11.5 Å². The summed E-state index contributed by atoms with van der Waals surface area (Å²) in [6.07, 6.45) is 3.89. The third-order valence-electron chi connectivity index (χ3n) is 5.30. The normalized spacial score (nSPS) is 17.8. The standard InChI is InChI=1S/C23H38N2O4/c1-6-18(4)29-21-11-10-19(15-22(21)28-14-8-13-27-5)23(26)25(17(2)3)20-9-7-12-24-16-20/h10-11,15,17-18,20,24H,6-9,12-14,16H2,1-5H3/t18-,20-/m1/s1. The summed E-state index contributed by atoms with van der Waals surface area (Å²) in [6, 6.07) is 5.90. The van der Waals surface area contributed by atoms with Gasteiger partial charge in [-0.3, -0.25) is 4.79 Å². The zero-order chi connectivity index (χ0) is 21.2. The minimum Gasteiger partial charge on any atom is -0.490 e. The van der Waals surface area contributed by atoms with Crippen LogP contribution in [0.1, 0.15) is 63.7 Å². The van der Waals surface area contributed by atoms with Crippen LogP contribution in [0.15, 0.2) is 18.2 Å². The van der Waals surface area contributed by atoms with Gasteiger partial charge in [0.25, 0.3) is 5.91 Å². The Morgan fingerprint density at radius 2 is 2.03 bits per heavy atom. The molecule has 1 aromatic carbocycles. The molecule has 0 radical (unpaired) electrons. The van der Waals surface area contributed by atoms with Crippen LogP contribution in [-0.2, 0) is 4.74 Å². The van der Waals surface area contributed by atoms with Gasteiger partial charge < -0.3 is 24.4 Å². The lowest BCUT2D eigenvalue weighted by atomic mass is 10.0. The topological polar surface area (TPSA) is 60.0 Å². The van der Waals surface area contributed by atoms with Crippen LogP contribution in [0, 0.1) is 0 Å². The quantitative estimate of drug-likeness (QED) is 0.565. The summed E-state index contributed by atoms with van der Waals surface area (Å²) >= 11 is 0. The maximum Gasteiger partial charge on any atom is 0.254 e. The fourth-order valence-corrected chi connectivity index (χ4v) is 3.58. The molecular weight excluding hydrogens is 368 g/mol. The van der Waals surface area contributed by atoms with Gasteiger partial charge in [-0.2, -0.15) is 0 Å². The minimum atomic E-state index is 0.0468. The summed E-state index contributed by atoms with van der Waals surface area (Å²) in [4.78, 5) is 15.4. The van der Waals surface area contributed by atoms with E-state index in [0.717, 1.165) is 38.8 Å². The van der Waals surface area contributed by atoms with E-state index in [4.69, 9.17) is 14.2 Å². The van der Waals surface area contributed by atoms with E-state index >= 15 is 0 Å². The van der Waals surface area contributed by atoms with Crippen LogP contribution in [-0.4, -0.2) is 62.4 Å². The second-order valence-corrected chi connectivity index (χ2v) is 8.00. The number of hydrogen-bond acceptors (Lipinski definition) is 5. The van der Waals surface area contributed by atoms with Crippen LogP contribution in [0.4, 0.5) is 0 Å². The van der Waals surface area contributed by atoms with Crippen molar-refractivity contribution in [3.8, 4) is 11.5 Å². The molecular formula is C23H38N2O4. The molecule has 1 heterocycles. The lowest BCUT2D eigenvalue weighted by Crippen LogP contribution is -2.51. The molecule has 1 amide bonds. The highest BCUT2D eigenvalue weighted by Crippen LogP contribution is 2.31. The van der Waals surface area contributed by atoms with Crippen molar-refractivity contribution in [2.45, 2.75) is 71.6 Å². The van der Waals surface area contributed by atoms with E-state index in [1.807, 2.05) is 30.0 Å². The number of hydrogen-bond donors (Lipinski definition) is 1. The van der Waals surface area contributed by atoms with Gasteiger partial charge in [0.2, 0.25) is 0 Å². The van der Waals surface area contributed by atoms with Crippen LogP contribution in [0.25, 0.3) is 0 Å². The second kappa shape index (κ2) is 12.0. The van der Waals surface area contributed by atoms with E-state index in [1.54, 1.807) is 7.11 Å². The van der Waals surface area contributed by atoms with Crippen molar-refractivity contribution in [3.05, 3.63) is 23.8 Å². The molecule has 0 aromatic heterocycles. The number of carbonyl (C=O) groups is 1. The summed E-state index contributed by atoms with van der Waals surface area (Å²) in [5.74, 6) is 1.35. The van der Waals surface area contributed by atoms with Crippen molar-refractivity contribution < 1.29 is 19.0 Å². The molecule has 0 aliphatic carbocycles. The highest BCUT2D eigenvalue weighted by molar-refractivity contribution is 5.95. The van der Waals surface area contributed by atoms with Crippen molar-refractivity contribution in [1.29, 1.82) is 0 Å². The summed E-state index contributed by atoms with van der Waals surface area (Å²) in [7, 11) is 1.68. The first-order valence-corrected chi connectivity index (χ1v) is 10.9. The molecule has 6 heteroatoms. The average Bonchev–Trinajstić information content (AvgIpc) is 2.72. The van der Waals surface area contributed by atoms with Crippen LogP contribution >= 0.6 is 0 Å². The molecule has 1 N–H and O–H groups in total. The van der Waals surface area contributed by atoms with E-state index in [9.17, 15) is 4.79 Å². The molecule has 1 saturated heterocycles. The first-order valence-electron chi connectivity index (χ1n) is 10.9. The fourth-order valence-electron chi connectivity index (χ4n) is 3.58. The first kappa shape index (κ1) is 23.5. The molecule has 1 aromatic rings. The third-order valence-corrected chi connectivity index (χ3v) is 5.30. The fraction of sp³-hybridized carbons (Fsp3) is 0.696. The highest BCUT2D eigenvalue weighted by Gasteiger charge is 2.29. The van der Waals surface area contributed by atoms with Gasteiger partial charge in [-0.05, 0) is 64.8 Å². The van der Waals surface area contributed by atoms with E-state index in [-0.39, 0.29) is 24.1 Å². The summed E-state index contributed by atoms with van der Waals surface area (Å²) in [5.41, 5.74) is 0.641. The monoisotopic (exact) mass is 406 g/mol. The molecule has 1 aliphatic heterocycles. The van der Waals surface area contributed by atoms with Gasteiger partial charge in [0.1, 0.15) is 0 Å². The summed E-state index contributed by atoms with van der Waals surface area (Å²) in [5, 5.41) is 3.41. The van der Waals surface area contributed by atoms with E-state index in [2.05, 4.69) is 26.1 Å². The Morgan fingerprint density at radius 1 is 1.24 bits per heavy atom. The lowest BCUT2D eigenvalue weighted by molar-refractivity contribution is 0.0573. The predicted octanol–water partition coefficient (Wildman–Crippen LogP) is 3.88. The molecule has 0 bridgehead atoms. The van der Waals surface area contributed by atoms with Gasteiger partial charge in [-0.15, -0.1) is 0 Å². The third kappa shape index (κ3) is 6.89. The molecule has 2 rings (SSSR count). The Bertz CT molecular complexity index is 629. The molecule has 164 valence electrons. The molecule has 0 saturated carbocycles. The van der Waals surface area contributed by atoms with Gasteiger partial charge in [-0.25, -0.2) is 0 Å². The van der Waals surface area contributed by atoms with Crippen LogP contribution in [0.2, 0.25) is 0 Å². The van der Waals surface area contributed by atoms with E-state index in [0.29, 0.717) is 30.3 Å². The van der Waals surface area contributed by atoms with Crippen molar-refractivity contribution in [1.82, 2.24) is 10.2 Å². The number of nitrogens with zero attached hydrogens (tertiary/aromatic N) is 1. The SMILES string of the molecule is CC[C@@H](C)Oc1ccc(C(=O)N(C(C)C)[C@@H]2CCCNC2)cc1OCCCOC. The number of rotatable bonds is 11. The van der Waals surface area contributed by atoms with Gasteiger partial charge >= 0.3 is 0 Å². The number of ether oxygens (including phenoxy) is 3. The molecule has 1 fully saturated rings. The van der Waals surface area contributed by atoms with Gasteiger partial charge in [0.05, 0.1) is 12.7 Å². The number of amides is 1. The van der Waals surface area contributed by atoms with Crippen molar-refractivity contribution in [2.75, 3.05) is 33.4 Å². The molecule has 29 heavy (non-hydrogen) atoms. The van der Waals surface area contributed by atoms with Gasteiger partial charge in [0, 0.05) is 44.3 Å². The minimum absolute atomic E-state index is 0.0468. The second-order valence-electron chi connectivity index (χ2n) is 8.00. The largest absolute Gasteiger partial charge is 0.490 e. The summed E-state index contributed by atoms with van der Waals surface area (Å²) < 4.78 is 17.1. The van der Waals surface area contributed by atoms with Crippen LogP contribution in [0.3, 0.4) is 0 Å². The average molecular weight is 407 g/mol. The lowest BCUT2D eigenvalue weighted by Gasteiger charge is -2.37. The predicted molar refractivity (Wildman–Crippen MR) is 116 cm³/mol. The molecule has 6 nitrogen and oxygen atoms in total. The Morgan fingerprint density at radius 3 is 2.66 bits per heavy atom. The Labute approximate surface area is 175 Å². The highest BCUT2D eigenvalue weighted by atomic mass is 16.5. The molecule has 2 atom stereocenters. The van der Waals surface area contributed by atoms with E-state index in [1.165, 1.54) is 0 Å². The number of nitrogens with one attached hydrogen (secondary N) is 1.